The van der Waals surface area contributed by atoms with Gasteiger partial charge in [0.1, 0.15) is 10.6 Å². The third kappa shape index (κ3) is 4.81. The van der Waals surface area contributed by atoms with Crippen LogP contribution in [0.3, 0.4) is 0 Å². The van der Waals surface area contributed by atoms with Crippen LogP contribution in [-0.4, -0.2) is 28.2 Å². The Kier molecular flexibility index (Phi) is 6.39. The molecule has 0 aliphatic rings. The number of nitrogens with zero attached hydrogens (tertiary/aromatic N) is 1. The van der Waals surface area contributed by atoms with Gasteiger partial charge in [0.25, 0.3) is 5.56 Å². The molecule has 0 bridgehead atoms. The summed E-state index contributed by atoms with van der Waals surface area (Å²) in [5.74, 6) is 0.646. The standard InChI is InChI=1S/C23H21N3O3S2/c1-14(20(27)24-12-15-8-10-17(29-2)11-9-15)31-23-25-21(28)19-18(13-30-22(19)26-23)16-6-4-3-5-7-16/h3-11,13-14H,12H2,1-2H3,(H,24,27)(H,25,26,28). The van der Waals surface area contributed by atoms with Crippen LogP contribution in [0.5, 0.6) is 5.75 Å². The van der Waals surface area contributed by atoms with Crippen LogP contribution in [0.25, 0.3) is 21.3 Å². The number of carbonyl (C=O) groups excluding carboxylic acids is 1. The van der Waals surface area contributed by atoms with E-state index in [1.807, 2.05) is 60.0 Å². The van der Waals surface area contributed by atoms with E-state index in [9.17, 15) is 9.59 Å². The number of H-pyrrole nitrogens is 1. The van der Waals surface area contributed by atoms with Gasteiger partial charge >= 0.3 is 0 Å². The average Bonchev–Trinajstić information content (AvgIpc) is 3.23. The molecule has 31 heavy (non-hydrogen) atoms. The number of hydrogen-bond acceptors (Lipinski definition) is 6. The summed E-state index contributed by atoms with van der Waals surface area (Å²) in [4.78, 5) is 33.3. The molecule has 158 valence electrons. The second-order valence-corrected chi connectivity index (χ2v) is 9.08. The van der Waals surface area contributed by atoms with E-state index in [1.54, 1.807) is 14.0 Å². The summed E-state index contributed by atoms with van der Waals surface area (Å²) in [6.45, 7) is 2.21. The molecule has 2 N–H and O–H groups in total. The van der Waals surface area contributed by atoms with Gasteiger partial charge in [0, 0.05) is 17.5 Å². The molecule has 1 atom stereocenters. The molecule has 6 nitrogen and oxygen atoms in total. The van der Waals surface area contributed by atoms with E-state index in [4.69, 9.17) is 4.74 Å². The number of nitrogens with one attached hydrogen (secondary N) is 2. The van der Waals surface area contributed by atoms with Crippen molar-refractivity contribution in [3.8, 4) is 16.9 Å². The Bertz CT molecular complexity index is 1250. The zero-order valence-electron chi connectivity index (χ0n) is 17.0. The van der Waals surface area contributed by atoms with Crippen molar-refractivity contribution in [2.24, 2.45) is 0 Å². The zero-order chi connectivity index (χ0) is 21.8. The minimum Gasteiger partial charge on any atom is -0.497 e. The van der Waals surface area contributed by atoms with Crippen molar-refractivity contribution >= 4 is 39.2 Å². The van der Waals surface area contributed by atoms with Crippen molar-refractivity contribution in [3.05, 3.63) is 75.9 Å². The molecule has 0 spiro atoms. The molecular formula is C23H21N3O3S2. The van der Waals surface area contributed by atoms with Gasteiger partial charge in [0.2, 0.25) is 5.91 Å². The predicted octanol–water partition coefficient (Wildman–Crippen LogP) is 4.46. The normalized spacial score (nSPS) is 11.9. The maximum absolute atomic E-state index is 12.8. The van der Waals surface area contributed by atoms with E-state index in [2.05, 4.69) is 15.3 Å². The largest absolute Gasteiger partial charge is 0.497 e. The number of ether oxygens (including phenoxy) is 1. The first-order valence-corrected chi connectivity index (χ1v) is 11.5. The molecule has 8 heteroatoms. The molecule has 0 radical (unpaired) electrons. The first-order valence-electron chi connectivity index (χ1n) is 9.69. The first-order chi connectivity index (χ1) is 15.0. The third-order valence-electron chi connectivity index (χ3n) is 4.79. The van der Waals surface area contributed by atoms with Gasteiger partial charge in [-0.15, -0.1) is 11.3 Å². The fraction of sp³-hybridized carbons (Fsp3) is 0.174. The number of fused-ring (bicyclic) bond motifs is 1. The summed E-state index contributed by atoms with van der Waals surface area (Å²) in [6, 6.07) is 17.3. The van der Waals surface area contributed by atoms with Gasteiger partial charge in [-0.05, 0) is 30.2 Å². The van der Waals surface area contributed by atoms with Crippen LogP contribution >= 0.6 is 23.1 Å². The lowest BCUT2D eigenvalue weighted by Crippen LogP contribution is -2.30. The van der Waals surface area contributed by atoms with Crippen molar-refractivity contribution in [1.29, 1.82) is 0 Å². The lowest BCUT2D eigenvalue weighted by atomic mass is 10.1. The predicted molar refractivity (Wildman–Crippen MR) is 126 cm³/mol. The molecule has 0 saturated heterocycles. The average molecular weight is 452 g/mol. The van der Waals surface area contributed by atoms with Crippen LogP contribution < -0.4 is 15.6 Å². The summed E-state index contributed by atoms with van der Waals surface area (Å²) in [5.41, 5.74) is 2.63. The highest BCUT2D eigenvalue weighted by Gasteiger charge is 2.18. The number of aromatic amines is 1. The lowest BCUT2D eigenvalue weighted by molar-refractivity contribution is -0.120. The highest BCUT2D eigenvalue weighted by molar-refractivity contribution is 8.00. The molecule has 1 amide bonds. The SMILES string of the molecule is COc1ccc(CNC(=O)C(C)Sc2nc3scc(-c4ccccc4)c3c(=O)[nH]2)cc1. The van der Waals surface area contributed by atoms with Gasteiger partial charge in [0.15, 0.2) is 5.16 Å². The van der Waals surface area contributed by atoms with Crippen molar-refractivity contribution in [2.75, 3.05) is 7.11 Å². The Morgan fingerprint density at radius 2 is 1.94 bits per heavy atom. The molecule has 2 aromatic heterocycles. The molecule has 4 rings (SSSR count). The van der Waals surface area contributed by atoms with Crippen LogP contribution in [0.15, 0.2) is 69.9 Å². The van der Waals surface area contributed by atoms with Crippen LogP contribution in [0.1, 0.15) is 12.5 Å². The van der Waals surface area contributed by atoms with E-state index in [1.165, 1.54) is 23.1 Å². The maximum Gasteiger partial charge on any atom is 0.260 e. The highest BCUT2D eigenvalue weighted by atomic mass is 32.2. The highest BCUT2D eigenvalue weighted by Crippen LogP contribution is 2.31. The van der Waals surface area contributed by atoms with Gasteiger partial charge < -0.3 is 15.0 Å². The van der Waals surface area contributed by atoms with Crippen LogP contribution in [0.2, 0.25) is 0 Å². The summed E-state index contributed by atoms with van der Waals surface area (Å²) in [6.07, 6.45) is 0. The second kappa shape index (κ2) is 9.36. The number of aromatic nitrogens is 2. The number of rotatable bonds is 7. The monoisotopic (exact) mass is 451 g/mol. The van der Waals surface area contributed by atoms with Crippen molar-refractivity contribution in [1.82, 2.24) is 15.3 Å². The van der Waals surface area contributed by atoms with Gasteiger partial charge in [-0.3, -0.25) is 9.59 Å². The van der Waals surface area contributed by atoms with Gasteiger partial charge in [0.05, 0.1) is 17.7 Å². The number of benzene rings is 2. The van der Waals surface area contributed by atoms with Crippen molar-refractivity contribution in [2.45, 2.75) is 23.9 Å². The molecular weight excluding hydrogens is 430 g/mol. The Labute approximate surface area is 187 Å². The van der Waals surface area contributed by atoms with Crippen molar-refractivity contribution < 1.29 is 9.53 Å². The quantitative estimate of drug-likeness (QED) is 0.320. The van der Waals surface area contributed by atoms with Gasteiger partial charge in [-0.2, -0.15) is 0 Å². The summed E-state index contributed by atoms with van der Waals surface area (Å²) in [5, 5.41) is 5.47. The van der Waals surface area contributed by atoms with Gasteiger partial charge in [-0.25, -0.2) is 4.98 Å². The second-order valence-electron chi connectivity index (χ2n) is 6.89. The molecule has 0 aliphatic heterocycles. The van der Waals surface area contributed by atoms with Crippen LogP contribution in [0.4, 0.5) is 0 Å². The number of amides is 1. The minimum absolute atomic E-state index is 0.125. The lowest BCUT2D eigenvalue weighted by Gasteiger charge is -2.12. The number of thioether (sulfide) groups is 1. The van der Waals surface area contributed by atoms with Gasteiger partial charge in [-0.1, -0.05) is 54.2 Å². The van der Waals surface area contributed by atoms with Crippen LogP contribution in [-0.2, 0) is 11.3 Å². The molecule has 2 aromatic carbocycles. The minimum atomic E-state index is -0.410. The van der Waals surface area contributed by atoms with E-state index >= 15 is 0 Å². The van der Waals surface area contributed by atoms with E-state index in [-0.39, 0.29) is 11.5 Å². The third-order valence-corrected chi connectivity index (χ3v) is 6.65. The summed E-state index contributed by atoms with van der Waals surface area (Å²) >= 11 is 2.66. The molecule has 0 saturated carbocycles. The zero-order valence-corrected chi connectivity index (χ0v) is 18.7. The molecule has 0 fully saturated rings. The molecule has 1 unspecified atom stereocenters. The fourth-order valence-electron chi connectivity index (χ4n) is 3.11. The molecule has 4 aromatic rings. The maximum atomic E-state index is 12.8. The van der Waals surface area contributed by atoms with Crippen molar-refractivity contribution in [3.63, 3.8) is 0 Å². The number of thiophene rings is 1. The molecule has 2 heterocycles. The fourth-order valence-corrected chi connectivity index (χ4v) is 4.94. The van der Waals surface area contributed by atoms with E-state index < -0.39 is 5.25 Å². The topological polar surface area (TPSA) is 84.1 Å². The Balaban J connectivity index is 1.45. The van der Waals surface area contributed by atoms with Crippen LogP contribution in [0, 0.1) is 0 Å². The number of carbonyl (C=O) groups is 1. The summed E-state index contributed by atoms with van der Waals surface area (Å²) < 4.78 is 5.14. The Morgan fingerprint density at radius 1 is 1.19 bits per heavy atom. The Hall–Kier alpha value is -3.10. The van der Waals surface area contributed by atoms with E-state index in [0.717, 1.165) is 22.4 Å². The number of hydrogen-bond donors (Lipinski definition) is 2. The summed E-state index contributed by atoms with van der Waals surface area (Å²) in [7, 11) is 1.62. The molecule has 0 aliphatic carbocycles. The number of methoxy groups -OCH3 is 1. The first kappa shape index (κ1) is 21.1. The Morgan fingerprint density at radius 3 is 2.65 bits per heavy atom. The van der Waals surface area contributed by atoms with E-state index in [0.29, 0.717) is 21.9 Å². The smallest absolute Gasteiger partial charge is 0.260 e.